The number of benzene rings is 1. The summed E-state index contributed by atoms with van der Waals surface area (Å²) in [5, 5.41) is 0. The molecule has 0 bridgehead atoms. The predicted octanol–water partition coefficient (Wildman–Crippen LogP) is 2.02. The zero-order valence-electron chi connectivity index (χ0n) is 16.3. The number of amides is 2. The van der Waals surface area contributed by atoms with Crippen molar-refractivity contribution in [2.24, 2.45) is 0 Å². The van der Waals surface area contributed by atoms with Gasteiger partial charge in [-0.25, -0.2) is 0 Å². The first kappa shape index (κ1) is 19.7. The molecule has 1 aromatic heterocycles. The molecule has 3 rings (SSSR count). The molecule has 0 unspecified atom stereocenters. The third kappa shape index (κ3) is 4.60. The lowest BCUT2D eigenvalue weighted by Gasteiger charge is -2.22. The Kier molecular flexibility index (Phi) is 6.47. The third-order valence-corrected chi connectivity index (χ3v) is 4.82. The lowest BCUT2D eigenvalue weighted by molar-refractivity contribution is -0.130. The van der Waals surface area contributed by atoms with Gasteiger partial charge in [-0.1, -0.05) is 12.1 Å². The zero-order chi connectivity index (χ0) is 19.9. The van der Waals surface area contributed by atoms with Gasteiger partial charge in [0, 0.05) is 32.4 Å². The van der Waals surface area contributed by atoms with Crippen molar-refractivity contribution >= 4 is 11.8 Å². The first-order chi connectivity index (χ1) is 13.6. The maximum Gasteiger partial charge on any atom is 0.272 e. The molecule has 0 radical (unpaired) electrons. The summed E-state index contributed by atoms with van der Waals surface area (Å²) < 4.78 is 10.5. The fourth-order valence-corrected chi connectivity index (χ4v) is 3.30. The zero-order valence-corrected chi connectivity index (χ0v) is 16.3. The number of rotatable bonds is 5. The number of ether oxygens (including phenoxy) is 2. The summed E-state index contributed by atoms with van der Waals surface area (Å²) >= 11 is 0. The van der Waals surface area contributed by atoms with Crippen molar-refractivity contribution in [1.29, 1.82) is 0 Å². The van der Waals surface area contributed by atoms with Crippen molar-refractivity contribution in [2.75, 3.05) is 40.4 Å². The highest BCUT2D eigenvalue weighted by Crippen LogP contribution is 2.27. The maximum absolute atomic E-state index is 12.8. The number of hydrogen-bond acceptors (Lipinski definition) is 5. The molecule has 1 saturated heterocycles. The van der Waals surface area contributed by atoms with E-state index in [9.17, 15) is 9.59 Å². The van der Waals surface area contributed by atoms with Crippen LogP contribution in [0.15, 0.2) is 42.6 Å². The molecular weight excluding hydrogens is 358 g/mol. The largest absolute Gasteiger partial charge is 0.493 e. The van der Waals surface area contributed by atoms with Crippen LogP contribution >= 0.6 is 0 Å². The fraction of sp³-hybridized carbons (Fsp3) is 0.381. The summed E-state index contributed by atoms with van der Waals surface area (Å²) in [6, 6.07) is 10.8. The minimum atomic E-state index is -0.0882. The SMILES string of the molecule is COc1ccc(CC(=O)N2CCCN(C(=O)c3ccccn3)CC2)cc1OC. The summed E-state index contributed by atoms with van der Waals surface area (Å²) in [5.74, 6) is 1.20. The molecule has 2 amide bonds. The Hall–Kier alpha value is -3.09. The molecule has 0 atom stereocenters. The van der Waals surface area contributed by atoms with Gasteiger partial charge in [0.15, 0.2) is 11.5 Å². The summed E-state index contributed by atoms with van der Waals surface area (Å²) in [7, 11) is 3.16. The average Bonchev–Trinajstić information content (AvgIpc) is 3.00. The Morgan fingerprint density at radius 2 is 1.71 bits per heavy atom. The van der Waals surface area contributed by atoms with Crippen molar-refractivity contribution in [3.63, 3.8) is 0 Å². The van der Waals surface area contributed by atoms with Crippen LogP contribution in [0.3, 0.4) is 0 Å². The Labute approximate surface area is 164 Å². The fourth-order valence-electron chi connectivity index (χ4n) is 3.30. The topological polar surface area (TPSA) is 72.0 Å². The molecule has 1 aromatic carbocycles. The minimum absolute atomic E-state index is 0.0411. The van der Waals surface area contributed by atoms with E-state index in [4.69, 9.17) is 9.47 Å². The summed E-state index contributed by atoms with van der Waals surface area (Å²) in [5.41, 5.74) is 1.31. The lowest BCUT2D eigenvalue weighted by Crippen LogP contribution is -2.38. The Bertz CT molecular complexity index is 826. The molecule has 148 valence electrons. The van der Waals surface area contributed by atoms with Crippen LogP contribution in [-0.2, 0) is 11.2 Å². The molecule has 7 nitrogen and oxygen atoms in total. The predicted molar refractivity (Wildman–Crippen MR) is 105 cm³/mol. The Balaban J connectivity index is 1.61. The number of hydrogen-bond donors (Lipinski definition) is 0. The molecule has 0 aliphatic carbocycles. The number of carbonyl (C=O) groups is 2. The van der Waals surface area contributed by atoms with Crippen molar-refractivity contribution in [1.82, 2.24) is 14.8 Å². The van der Waals surface area contributed by atoms with E-state index in [0.717, 1.165) is 12.0 Å². The molecule has 0 saturated carbocycles. The van der Waals surface area contributed by atoms with E-state index in [1.165, 1.54) is 0 Å². The Morgan fingerprint density at radius 1 is 0.964 bits per heavy atom. The minimum Gasteiger partial charge on any atom is -0.493 e. The van der Waals surface area contributed by atoms with Gasteiger partial charge >= 0.3 is 0 Å². The van der Waals surface area contributed by atoms with E-state index in [2.05, 4.69) is 4.98 Å². The molecule has 28 heavy (non-hydrogen) atoms. The molecule has 2 aromatic rings. The molecule has 2 heterocycles. The van der Waals surface area contributed by atoms with Crippen LogP contribution in [0, 0.1) is 0 Å². The van der Waals surface area contributed by atoms with Crippen LogP contribution in [0.1, 0.15) is 22.5 Å². The van der Waals surface area contributed by atoms with Gasteiger partial charge in [-0.3, -0.25) is 14.6 Å². The van der Waals surface area contributed by atoms with Gasteiger partial charge in [0.05, 0.1) is 20.6 Å². The van der Waals surface area contributed by atoms with E-state index < -0.39 is 0 Å². The molecule has 1 aliphatic rings. The number of aromatic nitrogens is 1. The quantitative estimate of drug-likeness (QED) is 0.790. The number of nitrogens with zero attached hydrogens (tertiary/aromatic N) is 3. The van der Waals surface area contributed by atoms with Crippen LogP contribution in [0.5, 0.6) is 11.5 Å². The van der Waals surface area contributed by atoms with Gasteiger partial charge in [-0.2, -0.15) is 0 Å². The van der Waals surface area contributed by atoms with Crippen LogP contribution in [0.2, 0.25) is 0 Å². The van der Waals surface area contributed by atoms with E-state index in [0.29, 0.717) is 43.4 Å². The van der Waals surface area contributed by atoms with Gasteiger partial charge in [0.1, 0.15) is 5.69 Å². The second-order valence-electron chi connectivity index (χ2n) is 6.61. The van der Waals surface area contributed by atoms with Crippen LogP contribution in [0.4, 0.5) is 0 Å². The normalized spacial score (nSPS) is 14.4. The maximum atomic E-state index is 12.8. The molecule has 0 N–H and O–H groups in total. The smallest absolute Gasteiger partial charge is 0.272 e. The van der Waals surface area contributed by atoms with Crippen LogP contribution in [-0.4, -0.2) is 67.0 Å². The van der Waals surface area contributed by atoms with Gasteiger partial charge in [0.25, 0.3) is 5.91 Å². The number of pyridine rings is 1. The molecule has 1 aliphatic heterocycles. The van der Waals surface area contributed by atoms with E-state index in [1.807, 2.05) is 17.0 Å². The summed E-state index contributed by atoms with van der Waals surface area (Å²) in [6.45, 7) is 2.28. The van der Waals surface area contributed by atoms with E-state index in [1.54, 1.807) is 49.6 Å². The third-order valence-electron chi connectivity index (χ3n) is 4.82. The van der Waals surface area contributed by atoms with E-state index >= 15 is 0 Å². The summed E-state index contributed by atoms with van der Waals surface area (Å²) in [6.07, 6.45) is 2.65. The highest BCUT2D eigenvalue weighted by atomic mass is 16.5. The van der Waals surface area contributed by atoms with Crippen molar-refractivity contribution in [2.45, 2.75) is 12.8 Å². The molecule has 0 spiro atoms. The van der Waals surface area contributed by atoms with Gasteiger partial charge in [-0.15, -0.1) is 0 Å². The van der Waals surface area contributed by atoms with Gasteiger partial charge in [-0.05, 0) is 36.2 Å². The number of methoxy groups -OCH3 is 2. The van der Waals surface area contributed by atoms with Gasteiger partial charge in [0.2, 0.25) is 5.91 Å². The first-order valence-corrected chi connectivity index (χ1v) is 9.31. The number of carbonyl (C=O) groups excluding carboxylic acids is 2. The van der Waals surface area contributed by atoms with E-state index in [-0.39, 0.29) is 18.2 Å². The van der Waals surface area contributed by atoms with Crippen molar-refractivity contribution < 1.29 is 19.1 Å². The Morgan fingerprint density at radius 3 is 2.43 bits per heavy atom. The summed E-state index contributed by atoms with van der Waals surface area (Å²) in [4.78, 5) is 33.1. The average molecular weight is 383 g/mol. The monoisotopic (exact) mass is 383 g/mol. The van der Waals surface area contributed by atoms with Gasteiger partial charge < -0.3 is 19.3 Å². The standard InChI is InChI=1S/C21H25N3O4/c1-27-18-8-7-16(14-19(18)28-2)15-20(25)23-10-5-11-24(13-12-23)21(26)17-6-3-4-9-22-17/h3-4,6-9,14H,5,10-13,15H2,1-2H3. The van der Waals surface area contributed by atoms with Crippen LogP contribution in [0.25, 0.3) is 0 Å². The molecule has 7 heteroatoms. The van der Waals surface area contributed by atoms with Crippen molar-refractivity contribution in [3.05, 3.63) is 53.9 Å². The molecule has 1 fully saturated rings. The van der Waals surface area contributed by atoms with Crippen LogP contribution < -0.4 is 9.47 Å². The molecular formula is C21H25N3O4. The highest BCUT2D eigenvalue weighted by Gasteiger charge is 2.23. The second kappa shape index (κ2) is 9.21. The lowest BCUT2D eigenvalue weighted by atomic mass is 10.1. The van der Waals surface area contributed by atoms with Crippen molar-refractivity contribution in [3.8, 4) is 11.5 Å². The highest BCUT2D eigenvalue weighted by molar-refractivity contribution is 5.92. The first-order valence-electron chi connectivity index (χ1n) is 9.31. The second-order valence-corrected chi connectivity index (χ2v) is 6.61.